The molecule has 3 rings (SSSR count). The molecule has 2 aromatic carbocycles. The molecule has 0 bridgehead atoms. The molecule has 0 radical (unpaired) electrons. The Morgan fingerprint density at radius 2 is 1.62 bits per heavy atom. The fraction of sp³-hybridized carbons (Fsp3) is 0.286. The van der Waals surface area contributed by atoms with Gasteiger partial charge in [0.05, 0.1) is 10.6 Å². The highest BCUT2D eigenvalue weighted by molar-refractivity contribution is 7.89. The summed E-state index contributed by atoms with van der Waals surface area (Å²) in [6.45, 7) is 3.86. The van der Waals surface area contributed by atoms with E-state index >= 15 is 0 Å². The zero-order valence-electron chi connectivity index (χ0n) is 18.2. The molecule has 0 aliphatic heterocycles. The van der Waals surface area contributed by atoms with E-state index in [0.29, 0.717) is 23.3 Å². The van der Waals surface area contributed by atoms with Gasteiger partial charge in [-0.25, -0.2) is 17.5 Å². The topological polar surface area (TPSA) is 97.2 Å². The van der Waals surface area contributed by atoms with Gasteiger partial charge in [-0.3, -0.25) is 4.79 Å². The Morgan fingerprint density at radius 3 is 2.15 bits per heavy atom. The molecule has 1 aromatic heterocycles. The van der Waals surface area contributed by atoms with Crippen LogP contribution in [0.15, 0.2) is 53.4 Å². The van der Waals surface area contributed by atoms with Crippen LogP contribution in [0.5, 0.6) is 0 Å². The lowest BCUT2D eigenvalue weighted by Gasteiger charge is -2.18. The number of hydrogen-bond donors (Lipinski definition) is 1. The van der Waals surface area contributed by atoms with E-state index in [9.17, 15) is 30.8 Å². The highest BCUT2D eigenvalue weighted by atomic mass is 32.2. The Bertz CT molecular complexity index is 1250. The van der Waals surface area contributed by atoms with Crippen LogP contribution in [0.2, 0.25) is 0 Å². The Hall–Kier alpha value is -3.32. The first-order valence-electron chi connectivity index (χ1n) is 10.1. The van der Waals surface area contributed by atoms with Crippen LogP contribution in [0.4, 0.5) is 17.6 Å². The molecule has 34 heavy (non-hydrogen) atoms. The second-order valence-electron chi connectivity index (χ2n) is 7.09. The fourth-order valence-electron chi connectivity index (χ4n) is 3.21. The van der Waals surface area contributed by atoms with Crippen molar-refractivity contribution in [1.82, 2.24) is 24.6 Å². The molecule has 1 N–H and O–H groups in total. The van der Waals surface area contributed by atoms with Crippen LogP contribution < -0.4 is 5.32 Å². The normalized spacial score (nSPS) is 12.2. The van der Waals surface area contributed by atoms with Crippen molar-refractivity contribution < 1.29 is 30.8 Å². The summed E-state index contributed by atoms with van der Waals surface area (Å²) in [7, 11) is -3.66. The van der Waals surface area contributed by atoms with E-state index in [1.54, 1.807) is 13.8 Å². The maximum absolute atomic E-state index is 13.7. The third kappa shape index (κ3) is 5.25. The predicted molar refractivity (Wildman–Crippen MR) is 114 cm³/mol. The van der Waals surface area contributed by atoms with Crippen LogP contribution in [0.25, 0.3) is 5.69 Å². The van der Waals surface area contributed by atoms with Crippen LogP contribution >= 0.6 is 0 Å². The number of alkyl halides is 3. The average Bonchev–Trinajstić information content (AvgIpc) is 3.25. The van der Waals surface area contributed by atoms with E-state index in [2.05, 4.69) is 15.6 Å². The van der Waals surface area contributed by atoms with Gasteiger partial charge in [-0.15, -0.1) is 5.10 Å². The monoisotopic (exact) mass is 499 g/mol. The number of hydrogen-bond acceptors (Lipinski definition) is 5. The molecule has 13 heteroatoms. The summed E-state index contributed by atoms with van der Waals surface area (Å²) in [5.41, 5.74) is -2.01. The lowest BCUT2D eigenvalue weighted by molar-refractivity contribution is -0.143. The molecule has 0 spiro atoms. The van der Waals surface area contributed by atoms with E-state index in [1.165, 1.54) is 28.6 Å². The summed E-state index contributed by atoms with van der Waals surface area (Å²) in [5, 5.41) is 9.13. The van der Waals surface area contributed by atoms with E-state index in [4.69, 9.17) is 0 Å². The third-order valence-corrected chi connectivity index (χ3v) is 7.01. The van der Waals surface area contributed by atoms with Crippen molar-refractivity contribution in [3.05, 3.63) is 71.3 Å². The molecule has 0 aliphatic rings. The van der Waals surface area contributed by atoms with Gasteiger partial charge in [0, 0.05) is 19.6 Å². The van der Waals surface area contributed by atoms with Gasteiger partial charge >= 0.3 is 6.18 Å². The Balaban J connectivity index is 1.80. The van der Waals surface area contributed by atoms with Gasteiger partial charge in [-0.2, -0.15) is 17.5 Å². The number of benzene rings is 2. The molecule has 3 aromatic rings. The summed E-state index contributed by atoms with van der Waals surface area (Å²) >= 11 is 0. The molecule has 0 saturated heterocycles. The van der Waals surface area contributed by atoms with Crippen molar-refractivity contribution >= 4 is 15.9 Å². The zero-order valence-corrected chi connectivity index (χ0v) is 19.0. The van der Waals surface area contributed by atoms with Crippen LogP contribution in [0.3, 0.4) is 0 Å². The third-order valence-electron chi connectivity index (χ3n) is 4.94. The molecule has 0 atom stereocenters. The van der Waals surface area contributed by atoms with Gasteiger partial charge in [-0.05, 0) is 42.0 Å². The first-order chi connectivity index (χ1) is 16.0. The van der Waals surface area contributed by atoms with E-state index in [1.807, 2.05) is 0 Å². The quantitative estimate of drug-likeness (QED) is 0.480. The van der Waals surface area contributed by atoms with E-state index in [-0.39, 0.29) is 17.1 Å². The fourth-order valence-corrected chi connectivity index (χ4v) is 4.67. The van der Waals surface area contributed by atoms with Gasteiger partial charge in [0.25, 0.3) is 5.91 Å². The number of sulfonamides is 1. The van der Waals surface area contributed by atoms with Crippen LogP contribution in [0.1, 0.15) is 35.6 Å². The van der Waals surface area contributed by atoms with Crippen LogP contribution in [-0.4, -0.2) is 46.7 Å². The summed E-state index contributed by atoms with van der Waals surface area (Å²) < 4.78 is 81.0. The number of aromatic nitrogens is 3. The van der Waals surface area contributed by atoms with Crippen molar-refractivity contribution in [3.8, 4) is 5.69 Å². The number of carbonyl (C=O) groups excluding carboxylic acids is 1. The molecule has 1 amide bonds. The minimum absolute atomic E-state index is 0.0628. The molecule has 0 fully saturated rings. The maximum atomic E-state index is 13.7. The first-order valence-corrected chi connectivity index (χ1v) is 11.6. The van der Waals surface area contributed by atoms with Crippen molar-refractivity contribution in [3.63, 3.8) is 0 Å². The lowest BCUT2D eigenvalue weighted by atomic mass is 10.2. The number of amides is 1. The first kappa shape index (κ1) is 25.3. The van der Waals surface area contributed by atoms with Crippen molar-refractivity contribution in [2.45, 2.75) is 31.5 Å². The number of halogens is 4. The van der Waals surface area contributed by atoms with Gasteiger partial charge < -0.3 is 5.32 Å². The van der Waals surface area contributed by atoms with Gasteiger partial charge in [-0.1, -0.05) is 31.2 Å². The standard InChI is InChI=1S/C21H21F4N5O3S/c1-3-29(4-2)34(32,33)17-11-5-14(6-12-17)13-26-20(31)18-19(21(23,24)25)30(28-27-18)16-9-7-15(22)8-10-16/h5-12H,3-4,13H2,1-2H3,(H,26,31). The number of nitrogens with zero attached hydrogens (tertiary/aromatic N) is 4. The lowest BCUT2D eigenvalue weighted by Crippen LogP contribution is -2.30. The molecule has 0 aliphatic carbocycles. The minimum Gasteiger partial charge on any atom is -0.346 e. The summed E-state index contributed by atoms with van der Waals surface area (Å²) in [5.74, 6) is -1.77. The van der Waals surface area contributed by atoms with E-state index in [0.717, 1.165) is 24.3 Å². The van der Waals surface area contributed by atoms with E-state index < -0.39 is 39.3 Å². The number of nitrogens with one attached hydrogen (secondary N) is 1. The van der Waals surface area contributed by atoms with Crippen molar-refractivity contribution in [1.29, 1.82) is 0 Å². The Kier molecular flexibility index (Phi) is 7.36. The summed E-state index contributed by atoms with van der Waals surface area (Å²) in [4.78, 5) is 12.6. The second kappa shape index (κ2) is 9.89. The largest absolute Gasteiger partial charge is 0.435 e. The summed E-state index contributed by atoms with van der Waals surface area (Å²) in [6, 6.07) is 9.71. The highest BCUT2D eigenvalue weighted by Gasteiger charge is 2.42. The molecular formula is C21H21F4N5O3S. The minimum atomic E-state index is -4.97. The van der Waals surface area contributed by atoms with Gasteiger partial charge in [0.15, 0.2) is 11.4 Å². The van der Waals surface area contributed by atoms with Gasteiger partial charge in [0.2, 0.25) is 10.0 Å². The smallest absolute Gasteiger partial charge is 0.346 e. The predicted octanol–water partition coefficient (Wildman–Crippen LogP) is 3.39. The van der Waals surface area contributed by atoms with Crippen LogP contribution in [0, 0.1) is 5.82 Å². The average molecular weight is 499 g/mol. The zero-order chi connectivity index (χ0) is 25.1. The molecule has 182 valence electrons. The number of carbonyl (C=O) groups is 1. The van der Waals surface area contributed by atoms with Crippen LogP contribution in [-0.2, 0) is 22.7 Å². The van der Waals surface area contributed by atoms with Crippen molar-refractivity contribution in [2.24, 2.45) is 0 Å². The molecule has 0 saturated carbocycles. The molecule has 8 nitrogen and oxygen atoms in total. The molecule has 1 heterocycles. The Labute approximate surface area is 193 Å². The second-order valence-corrected chi connectivity index (χ2v) is 9.03. The number of rotatable bonds is 8. The Morgan fingerprint density at radius 1 is 1.03 bits per heavy atom. The van der Waals surface area contributed by atoms with Gasteiger partial charge in [0.1, 0.15) is 5.82 Å². The summed E-state index contributed by atoms with van der Waals surface area (Å²) in [6.07, 6.45) is -4.97. The SMILES string of the molecule is CCN(CC)S(=O)(=O)c1ccc(CNC(=O)c2nnn(-c3ccc(F)cc3)c2C(F)(F)F)cc1. The maximum Gasteiger partial charge on any atom is 0.435 e. The molecule has 0 unspecified atom stereocenters. The van der Waals surface area contributed by atoms with Crippen molar-refractivity contribution in [2.75, 3.05) is 13.1 Å². The highest BCUT2D eigenvalue weighted by Crippen LogP contribution is 2.32. The molecular weight excluding hydrogens is 478 g/mol.